The second-order valence-electron chi connectivity index (χ2n) is 4.82. The monoisotopic (exact) mass is 340 g/mol. The number of carboxylic acid groups (broad SMARTS) is 1. The van der Waals surface area contributed by atoms with E-state index in [1.165, 1.54) is 12.1 Å². The van der Waals surface area contributed by atoms with Gasteiger partial charge >= 0.3 is 0 Å². The molecule has 0 spiro atoms. The Labute approximate surface area is 142 Å². The van der Waals surface area contributed by atoms with E-state index in [0.29, 0.717) is 5.02 Å². The SMILES string of the molecule is O=C([O-])c1ccc(/C=C/c2nc(-c3ccc(Cl)cc3)cs2)cc1. The van der Waals surface area contributed by atoms with Gasteiger partial charge in [0.2, 0.25) is 0 Å². The number of rotatable bonds is 4. The molecule has 0 N–H and O–H groups in total. The van der Waals surface area contributed by atoms with Crippen LogP contribution in [0.25, 0.3) is 23.4 Å². The van der Waals surface area contributed by atoms with Gasteiger partial charge in [-0.3, -0.25) is 0 Å². The lowest BCUT2D eigenvalue weighted by atomic mass is 10.1. The van der Waals surface area contributed by atoms with Crippen LogP contribution in [0.5, 0.6) is 0 Å². The Bertz CT molecular complexity index is 851. The van der Waals surface area contributed by atoms with Gasteiger partial charge in [-0.25, -0.2) is 4.98 Å². The molecule has 2 aromatic carbocycles. The van der Waals surface area contributed by atoms with Crippen molar-refractivity contribution in [2.45, 2.75) is 0 Å². The van der Waals surface area contributed by atoms with Gasteiger partial charge in [-0.05, 0) is 29.3 Å². The number of thiazole rings is 1. The van der Waals surface area contributed by atoms with Crippen molar-refractivity contribution in [2.75, 3.05) is 0 Å². The van der Waals surface area contributed by atoms with Gasteiger partial charge < -0.3 is 9.90 Å². The fourth-order valence-corrected chi connectivity index (χ4v) is 2.86. The standard InChI is InChI=1S/C18H12ClNO2S/c19-15-8-6-13(7-9-15)16-11-23-17(20-16)10-3-12-1-4-14(5-2-12)18(21)22/h1-11H,(H,21,22)/p-1/b10-3+. The lowest BCUT2D eigenvalue weighted by molar-refractivity contribution is -0.255. The van der Waals surface area contributed by atoms with E-state index in [2.05, 4.69) is 4.98 Å². The molecule has 1 heterocycles. The molecule has 0 radical (unpaired) electrons. The first-order valence-electron chi connectivity index (χ1n) is 6.83. The van der Waals surface area contributed by atoms with Crippen LogP contribution in [-0.4, -0.2) is 11.0 Å². The summed E-state index contributed by atoms with van der Waals surface area (Å²) < 4.78 is 0. The molecule has 0 aliphatic heterocycles. The molecule has 1 aromatic heterocycles. The van der Waals surface area contributed by atoms with Crippen molar-refractivity contribution in [3.8, 4) is 11.3 Å². The fourth-order valence-electron chi connectivity index (χ4n) is 2.02. The number of aromatic nitrogens is 1. The molecule has 3 aromatic rings. The van der Waals surface area contributed by atoms with Crippen molar-refractivity contribution in [1.29, 1.82) is 0 Å². The van der Waals surface area contributed by atoms with Crippen molar-refractivity contribution in [1.82, 2.24) is 4.98 Å². The van der Waals surface area contributed by atoms with E-state index in [1.54, 1.807) is 23.5 Å². The highest BCUT2D eigenvalue weighted by Crippen LogP contribution is 2.24. The zero-order valence-corrected chi connectivity index (χ0v) is 13.5. The van der Waals surface area contributed by atoms with Crippen LogP contribution in [-0.2, 0) is 0 Å². The van der Waals surface area contributed by atoms with E-state index in [1.807, 2.05) is 41.8 Å². The molecule has 0 saturated carbocycles. The van der Waals surface area contributed by atoms with E-state index < -0.39 is 5.97 Å². The van der Waals surface area contributed by atoms with Crippen LogP contribution in [0.4, 0.5) is 0 Å². The van der Waals surface area contributed by atoms with E-state index in [4.69, 9.17) is 11.6 Å². The highest BCUT2D eigenvalue weighted by molar-refractivity contribution is 7.10. The van der Waals surface area contributed by atoms with Crippen LogP contribution < -0.4 is 5.11 Å². The summed E-state index contributed by atoms with van der Waals surface area (Å²) in [5.41, 5.74) is 2.99. The van der Waals surface area contributed by atoms with Gasteiger partial charge in [0.05, 0.1) is 11.7 Å². The molecule has 0 saturated heterocycles. The van der Waals surface area contributed by atoms with Crippen LogP contribution in [0.3, 0.4) is 0 Å². The van der Waals surface area contributed by atoms with Gasteiger partial charge in [0.1, 0.15) is 5.01 Å². The normalized spacial score (nSPS) is 11.0. The Balaban J connectivity index is 1.75. The smallest absolute Gasteiger partial charge is 0.116 e. The molecule has 0 aliphatic rings. The van der Waals surface area contributed by atoms with Gasteiger partial charge in [0.25, 0.3) is 0 Å². The summed E-state index contributed by atoms with van der Waals surface area (Å²) in [5.74, 6) is -1.17. The average molecular weight is 341 g/mol. The quantitative estimate of drug-likeness (QED) is 0.721. The number of carbonyl (C=O) groups excluding carboxylic acids is 1. The zero-order valence-electron chi connectivity index (χ0n) is 11.9. The van der Waals surface area contributed by atoms with Gasteiger partial charge in [-0.15, -0.1) is 11.3 Å². The van der Waals surface area contributed by atoms with Crippen molar-refractivity contribution in [2.24, 2.45) is 0 Å². The van der Waals surface area contributed by atoms with Gasteiger partial charge in [-0.1, -0.05) is 54.1 Å². The summed E-state index contributed by atoms with van der Waals surface area (Å²) in [6.07, 6.45) is 3.79. The Morgan fingerprint density at radius 3 is 2.39 bits per heavy atom. The summed E-state index contributed by atoms with van der Waals surface area (Å²) in [6, 6.07) is 14.1. The largest absolute Gasteiger partial charge is 0.545 e. The van der Waals surface area contributed by atoms with Crippen molar-refractivity contribution in [3.63, 3.8) is 0 Å². The first-order chi connectivity index (χ1) is 11.1. The molecule has 0 amide bonds. The summed E-state index contributed by atoms with van der Waals surface area (Å²) in [7, 11) is 0. The third-order valence-corrected chi connectivity index (χ3v) is 4.29. The molecule has 23 heavy (non-hydrogen) atoms. The van der Waals surface area contributed by atoms with Gasteiger partial charge in [-0.2, -0.15) is 0 Å². The first kappa shape index (κ1) is 15.5. The summed E-state index contributed by atoms with van der Waals surface area (Å²) in [6.45, 7) is 0. The summed E-state index contributed by atoms with van der Waals surface area (Å²) >= 11 is 7.42. The molecule has 0 aliphatic carbocycles. The van der Waals surface area contributed by atoms with Crippen LogP contribution in [0.15, 0.2) is 53.9 Å². The first-order valence-corrected chi connectivity index (χ1v) is 8.08. The molecule has 0 atom stereocenters. The number of hydrogen-bond donors (Lipinski definition) is 0. The number of hydrogen-bond acceptors (Lipinski definition) is 4. The third kappa shape index (κ3) is 3.86. The van der Waals surface area contributed by atoms with Crippen molar-refractivity contribution < 1.29 is 9.90 Å². The van der Waals surface area contributed by atoms with Crippen LogP contribution in [0.1, 0.15) is 20.9 Å². The zero-order chi connectivity index (χ0) is 16.2. The molecular formula is C18H11ClNO2S-. The second kappa shape index (κ2) is 6.77. The topological polar surface area (TPSA) is 53.0 Å². The summed E-state index contributed by atoms with van der Waals surface area (Å²) in [5, 5.41) is 14.3. The molecule has 5 heteroatoms. The lowest BCUT2D eigenvalue weighted by Gasteiger charge is -2.01. The third-order valence-electron chi connectivity index (χ3n) is 3.23. The molecule has 0 bridgehead atoms. The maximum Gasteiger partial charge on any atom is 0.116 e. The molecular weight excluding hydrogens is 330 g/mol. The highest BCUT2D eigenvalue weighted by atomic mass is 35.5. The van der Waals surface area contributed by atoms with E-state index in [9.17, 15) is 9.90 Å². The van der Waals surface area contributed by atoms with Gasteiger partial charge in [0, 0.05) is 16.0 Å². The highest BCUT2D eigenvalue weighted by Gasteiger charge is 2.02. The fraction of sp³-hybridized carbons (Fsp3) is 0. The Kier molecular flexibility index (Phi) is 4.55. The predicted octanol–water partition coefficient (Wildman–Crippen LogP) is 4.00. The summed E-state index contributed by atoms with van der Waals surface area (Å²) in [4.78, 5) is 15.3. The Hall–Kier alpha value is -2.43. The average Bonchev–Trinajstić information content (AvgIpc) is 3.03. The molecule has 0 unspecified atom stereocenters. The van der Waals surface area contributed by atoms with Gasteiger partial charge in [0.15, 0.2) is 0 Å². The Morgan fingerprint density at radius 2 is 1.74 bits per heavy atom. The number of halogens is 1. The number of carboxylic acids is 1. The molecule has 3 nitrogen and oxygen atoms in total. The maximum atomic E-state index is 10.7. The minimum absolute atomic E-state index is 0.168. The Morgan fingerprint density at radius 1 is 1.04 bits per heavy atom. The number of benzene rings is 2. The minimum atomic E-state index is -1.17. The molecule has 0 fully saturated rings. The molecule has 114 valence electrons. The van der Waals surface area contributed by atoms with E-state index in [-0.39, 0.29) is 5.56 Å². The maximum absolute atomic E-state index is 10.7. The molecule has 3 rings (SSSR count). The lowest BCUT2D eigenvalue weighted by Crippen LogP contribution is -2.21. The number of aromatic carboxylic acids is 1. The van der Waals surface area contributed by atoms with Crippen molar-refractivity contribution >= 4 is 41.1 Å². The number of carbonyl (C=O) groups is 1. The van der Waals surface area contributed by atoms with Crippen LogP contribution >= 0.6 is 22.9 Å². The van der Waals surface area contributed by atoms with Crippen molar-refractivity contribution in [3.05, 3.63) is 75.1 Å². The number of nitrogens with zero attached hydrogens (tertiary/aromatic N) is 1. The van der Waals surface area contributed by atoms with E-state index >= 15 is 0 Å². The van der Waals surface area contributed by atoms with E-state index in [0.717, 1.165) is 21.8 Å². The minimum Gasteiger partial charge on any atom is -0.545 e. The van der Waals surface area contributed by atoms with Crippen LogP contribution in [0.2, 0.25) is 5.02 Å². The predicted molar refractivity (Wildman–Crippen MR) is 92.3 cm³/mol. The second-order valence-corrected chi connectivity index (χ2v) is 6.15. The van der Waals surface area contributed by atoms with Crippen LogP contribution in [0, 0.1) is 0 Å².